The molecule has 0 unspecified atom stereocenters. The van der Waals surface area contributed by atoms with Crippen LogP contribution in [0.1, 0.15) is 44.8 Å². The van der Waals surface area contributed by atoms with Gasteiger partial charge in [-0.3, -0.25) is 4.79 Å². The van der Waals surface area contributed by atoms with E-state index in [1.807, 2.05) is 0 Å². The highest BCUT2D eigenvalue weighted by Crippen LogP contribution is 2.26. The minimum absolute atomic E-state index is 0.0491. The van der Waals surface area contributed by atoms with Crippen LogP contribution in [0, 0.1) is 11.8 Å². The van der Waals surface area contributed by atoms with Gasteiger partial charge in [0.05, 0.1) is 6.54 Å². The summed E-state index contributed by atoms with van der Waals surface area (Å²) >= 11 is 0. The topological polar surface area (TPSA) is 85.2 Å². The molecule has 0 aliphatic heterocycles. The second-order valence-electron chi connectivity index (χ2n) is 6.17. The van der Waals surface area contributed by atoms with Crippen LogP contribution in [0.3, 0.4) is 0 Å². The van der Waals surface area contributed by atoms with E-state index in [4.69, 9.17) is 10.3 Å². The summed E-state index contributed by atoms with van der Waals surface area (Å²) in [5.74, 6) is 1.87. The first kappa shape index (κ1) is 15.0. The summed E-state index contributed by atoms with van der Waals surface area (Å²) in [4.78, 5) is 18.2. The maximum atomic E-state index is 12.3. The molecule has 1 aromatic heterocycles. The first-order chi connectivity index (χ1) is 9.45. The lowest BCUT2D eigenvalue weighted by Gasteiger charge is -2.19. The lowest BCUT2D eigenvalue weighted by atomic mass is 10.1. The Morgan fingerprint density at radius 2 is 2.25 bits per heavy atom. The van der Waals surface area contributed by atoms with E-state index in [0.29, 0.717) is 24.2 Å². The summed E-state index contributed by atoms with van der Waals surface area (Å²) in [5.41, 5.74) is 5.85. The van der Waals surface area contributed by atoms with Crippen molar-refractivity contribution >= 4 is 5.91 Å². The number of carbonyl (C=O) groups excluding carboxylic acids is 1. The number of hydrogen-bond donors (Lipinski definition) is 1. The molecule has 0 aromatic carbocycles. The summed E-state index contributed by atoms with van der Waals surface area (Å²) < 4.78 is 5.19. The first-order valence-electron chi connectivity index (χ1n) is 7.27. The summed E-state index contributed by atoms with van der Waals surface area (Å²) in [7, 11) is 1.78. The molecule has 1 aromatic rings. The Labute approximate surface area is 119 Å². The van der Waals surface area contributed by atoms with E-state index in [2.05, 4.69) is 24.0 Å². The van der Waals surface area contributed by atoms with E-state index in [0.717, 1.165) is 25.7 Å². The summed E-state index contributed by atoms with van der Waals surface area (Å²) in [6.45, 7) is 4.58. The molecule has 1 aliphatic rings. The Bertz CT molecular complexity index is 458. The van der Waals surface area contributed by atoms with Crippen LogP contribution in [0.15, 0.2) is 4.52 Å². The first-order valence-corrected chi connectivity index (χ1v) is 7.27. The largest absolute Gasteiger partial charge is 0.337 e. The molecule has 2 atom stereocenters. The van der Waals surface area contributed by atoms with E-state index in [1.54, 1.807) is 11.9 Å². The number of aromatic nitrogens is 2. The Morgan fingerprint density at radius 1 is 1.50 bits per heavy atom. The number of nitrogens with two attached hydrogens (primary N) is 1. The van der Waals surface area contributed by atoms with Crippen molar-refractivity contribution in [2.45, 2.75) is 52.1 Å². The average molecular weight is 280 g/mol. The van der Waals surface area contributed by atoms with E-state index in [9.17, 15) is 4.79 Å². The molecule has 0 spiro atoms. The lowest BCUT2D eigenvalue weighted by Crippen LogP contribution is -2.32. The number of nitrogens with zero attached hydrogens (tertiary/aromatic N) is 3. The number of amides is 1. The molecule has 1 amide bonds. The lowest BCUT2D eigenvalue weighted by molar-refractivity contribution is -0.134. The third-order valence-corrected chi connectivity index (χ3v) is 3.67. The molecule has 1 saturated carbocycles. The van der Waals surface area contributed by atoms with Gasteiger partial charge in [0.25, 0.3) is 0 Å². The van der Waals surface area contributed by atoms with Crippen molar-refractivity contribution < 1.29 is 9.32 Å². The quantitative estimate of drug-likeness (QED) is 0.880. The predicted octanol–water partition coefficient (Wildman–Crippen LogP) is 1.35. The van der Waals surface area contributed by atoms with Crippen LogP contribution >= 0.6 is 0 Å². The van der Waals surface area contributed by atoms with Crippen molar-refractivity contribution in [1.29, 1.82) is 0 Å². The van der Waals surface area contributed by atoms with E-state index < -0.39 is 0 Å². The third kappa shape index (κ3) is 3.79. The normalized spacial score (nSPS) is 22.4. The fourth-order valence-corrected chi connectivity index (χ4v) is 2.64. The number of rotatable bonds is 5. The van der Waals surface area contributed by atoms with Gasteiger partial charge in [0.2, 0.25) is 11.8 Å². The third-order valence-electron chi connectivity index (χ3n) is 3.67. The van der Waals surface area contributed by atoms with Crippen molar-refractivity contribution in [3.63, 3.8) is 0 Å². The molecule has 20 heavy (non-hydrogen) atoms. The van der Waals surface area contributed by atoms with Gasteiger partial charge in [-0.1, -0.05) is 19.0 Å². The summed E-state index contributed by atoms with van der Waals surface area (Å²) in [6, 6.07) is 0.165. The van der Waals surface area contributed by atoms with Gasteiger partial charge in [-0.25, -0.2) is 0 Å². The molecule has 0 bridgehead atoms. The Balaban J connectivity index is 1.88. The molecule has 2 N–H and O–H groups in total. The average Bonchev–Trinajstić information content (AvgIpc) is 2.97. The standard InChI is InChI=1S/C14H24N4O2/c1-9(2)6-12-16-13(20-17-12)8-18(3)14(19)10-4-5-11(15)7-10/h9-11H,4-8,15H2,1-3H3/t10-,11+/m0/s1. The summed E-state index contributed by atoms with van der Waals surface area (Å²) in [5, 5.41) is 3.93. The van der Waals surface area contributed by atoms with Crippen molar-refractivity contribution in [2.24, 2.45) is 17.6 Å². The maximum absolute atomic E-state index is 12.3. The number of hydrogen-bond acceptors (Lipinski definition) is 5. The molecule has 6 nitrogen and oxygen atoms in total. The Morgan fingerprint density at radius 3 is 2.85 bits per heavy atom. The van der Waals surface area contributed by atoms with Gasteiger partial charge < -0.3 is 15.2 Å². The number of carbonyl (C=O) groups is 1. The molecule has 0 saturated heterocycles. The molecule has 2 rings (SSSR count). The molecule has 1 heterocycles. The van der Waals surface area contributed by atoms with E-state index >= 15 is 0 Å². The highest BCUT2D eigenvalue weighted by molar-refractivity contribution is 5.78. The van der Waals surface area contributed by atoms with Crippen LogP contribution in [-0.2, 0) is 17.8 Å². The van der Waals surface area contributed by atoms with Gasteiger partial charge >= 0.3 is 0 Å². The minimum atomic E-state index is 0.0491. The molecule has 6 heteroatoms. The van der Waals surface area contributed by atoms with E-state index in [-0.39, 0.29) is 17.9 Å². The molecular weight excluding hydrogens is 256 g/mol. The van der Waals surface area contributed by atoms with Crippen LogP contribution in [-0.4, -0.2) is 34.0 Å². The van der Waals surface area contributed by atoms with Crippen molar-refractivity contribution in [2.75, 3.05) is 7.05 Å². The fraction of sp³-hybridized carbons (Fsp3) is 0.786. The zero-order valence-corrected chi connectivity index (χ0v) is 12.5. The van der Waals surface area contributed by atoms with Crippen molar-refractivity contribution in [3.8, 4) is 0 Å². The van der Waals surface area contributed by atoms with Gasteiger partial charge in [-0.05, 0) is 25.2 Å². The molecule has 112 valence electrons. The van der Waals surface area contributed by atoms with Crippen LogP contribution in [0.4, 0.5) is 0 Å². The Kier molecular flexibility index (Phi) is 4.75. The van der Waals surface area contributed by atoms with Crippen molar-refractivity contribution in [1.82, 2.24) is 15.0 Å². The van der Waals surface area contributed by atoms with Gasteiger partial charge in [0.15, 0.2) is 5.82 Å². The molecule has 0 radical (unpaired) electrons. The van der Waals surface area contributed by atoms with Crippen LogP contribution in [0.2, 0.25) is 0 Å². The van der Waals surface area contributed by atoms with Gasteiger partial charge in [0, 0.05) is 25.4 Å². The summed E-state index contributed by atoms with van der Waals surface area (Å²) in [6.07, 6.45) is 3.39. The maximum Gasteiger partial charge on any atom is 0.246 e. The van der Waals surface area contributed by atoms with Gasteiger partial charge in [-0.15, -0.1) is 0 Å². The zero-order valence-electron chi connectivity index (χ0n) is 12.5. The second kappa shape index (κ2) is 6.35. The van der Waals surface area contributed by atoms with Crippen LogP contribution < -0.4 is 5.73 Å². The molecule has 1 aliphatic carbocycles. The second-order valence-corrected chi connectivity index (χ2v) is 6.17. The van der Waals surface area contributed by atoms with E-state index in [1.165, 1.54) is 0 Å². The van der Waals surface area contributed by atoms with Crippen molar-refractivity contribution in [3.05, 3.63) is 11.7 Å². The van der Waals surface area contributed by atoms with Crippen LogP contribution in [0.5, 0.6) is 0 Å². The smallest absolute Gasteiger partial charge is 0.246 e. The SMILES string of the molecule is CC(C)Cc1noc(CN(C)C(=O)[C@H]2CC[C@@H](N)C2)n1. The van der Waals surface area contributed by atoms with Gasteiger partial charge in [0.1, 0.15) is 0 Å². The predicted molar refractivity (Wildman–Crippen MR) is 74.6 cm³/mol. The monoisotopic (exact) mass is 280 g/mol. The zero-order chi connectivity index (χ0) is 14.7. The fourth-order valence-electron chi connectivity index (χ4n) is 2.64. The highest BCUT2D eigenvalue weighted by Gasteiger charge is 2.30. The highest BCUT2D eigenvalue weighted by atomic mass is 16.5. The Hall–Kier alpha value is -1.43. The molecular formula is C14H24N4O2. The minimum Gasteiger partial charge on any atom is -0.337 e. The van der Waals surface area contributed by atoms with Crippen LogP contribution in [0.25, 0.3) is 0 Å². The van der Waals surface area contributed by atoms with Gasteiger partial charge in [-0.2, -0.15) is 4.98 Å². The molecule has 1 fully saturated rings.